The van der Waals surface area contributed by atoms with Crippen molar-refractivity contribution >= 4 is 0 Å². The van der Waals surface area contributed by atoms with E-state index in [1.807, 2.05) is 36.4 Å². The number of rotatable bonds is 7. The number of methoxy groups -OCH3 is 1. The van der Waals surface area contributed by atoms with Gasteiger partial charge >= 0.3 is 0 Å². The van der Waals surface area contributed by atoms with Crippen LogP contribution in [-0.4, -0.2) is 22.3 Å². The maximum absolute atomic E-state index is 5.70. The van der Waals surface area contributed by atoms with Gasteiger partial charge in [0.05, 0.1) is 7.11 Å². The van der Waals surface area contributed by atoms with E-state index in [-0.39, 0.29) is 6.61 Å². The van der Waals surface area contributed by atoms with Crippen LogP contribution >= 0.6 is 0 Å². The quantitative estimate of drug-likeness (QED) is 0.470. The van der Waals surface area contributed by atoms with Crippen LogP contribution in [0.2, 0.25) is 0 Å². The van der Waals surface area contributed by atoms with Crippen molar-refractivity contribution in [3.63, 3.8) is 0 Å². The topological polar surface area (TPSA) is 79.5 Å². The lowest BCUT2D eigenvalue weighted by Gasteiger charge is -2.06. The average Bonchev–Trinajstić information content (AvgIpc) is 3.23. The van der Waals surface area contributed by atoms with Crippen LogP contribution in [-0.2, 0) is 6.61 Å². The molecule has 0 saturated heterocycles. The van der Waals surface area contributed by atoms with Gasteiger partial charge in [0, 0.05) is 17.8 Å². The van der Waals surface area contributed by atoms with E-state index >= 15 is 0 Å². The minimum Gasteiger partial charge on any atom is -0.497 e. The van der Waals surface area contributed by atoms with Crippen LogP contribution in [0.3, 0.4) is 0 Å². The standard InChI is InChI=1S/C21H17N3O4/c1-25-16-7-5-15(6-8-16)21-24-23-20(28-21)14-26-17-9-11-18(12-10-17)27-19-4-2-3-13-22-19/h2-13H,14H2,1H3. The Balaban J connectivity index is 1.35. The molecule has 0 fully saturated rings. The van der Waals surface area contributed by atoms with Crippen molar-refractivity contribution in [2.75, 3.05) is 7.11 Å². The summed E-state index contributed by atoms with van der Waals surface area (Å²) in [5.41, 5.74) is 0.815. The third-order valence-electron chi connectivity index (χ3n) is 3.85. The number of nitrogens with zero attached hydrogens (tertiary/aromatic N) is 3. The summed E-state index contributed by atoms with van der Waals surface area (Å²) in [5, 5.41) is 8.07. The summed E-state index contributed by atoms with van der Waals surface area (Å²) >= 11 is 0. The maximum atomic E-state index is 5.70. The SMILES string of the molecule is COc1ccc(-c2nnc(COc3ccc(Oc4ccccn4)cc3)o2)cc1. The second-order valence-electron chi connectivity index (χ2n) is 5.76. The normalized spacial score (nSPS) is 10.5. The molecule has 0 N–H and O–H groups in total. The molecule has 0 aliphatic rings. The van der Waals surface area contributed by atoms with E-state index in [0.29, 0.717) is 29.2 Å². The van der Waals surface area contributed by atoms with Gasteiger partial charge in [-0.3, -0.25) is 0 Å². The molecule has 0 spiro atoms. The zero-order chi connectivity index (χ0) is 19.2. The molecule has 2 heterocycles. The van der Waals surface area contributed by atoms with Crippen molar-refractivity contribution in [2.45, 2.75) is 6.61 Å². The van der Waals surface area contributed by atoms with Gasteiger partial charge in [-0.25, -0.2) is 4.98 Å². The lowest BCUT2D eigenvalue weighted by Crippen LogP contribution is -1.95. The zero-order valence-electron chi connectivity index (χ0n) is 15.1. The summed E-state index contributed by atoms with van der Waals surface area (Å²) in [6, 6.07) is 20.1. The molecule has 0 unspecified atom stereocenters. The van der Waals surface area contributed by atoms with Crippen molar-refractivity contribution in [1.82, 2.24) is 15.2 Å². The van der Waals surface area contributed by atoms with Crippen molar-refractivity contribution in [1.29, 1.82) is 0 Å². The molecule has 7 nitrogen and oxygen atoms in total. The molecule has 0 bridgehead atoms. The van der Waals surface area contributed by atoms with Gasteiger partial charge in [0.25, 0.3) is 5.89 Å². The van der Waals surface area contributed by atoms with Crippen LogP contribution in [0.4, 0.5) is 0 Å². The molecule has 0 aliphatic heterocycles. The molecule has 0 aliphatic carbocycles. The first-order valence-corrected chi connectivity index (χ1v) is 8.59. The largest absolute Gasteiger partial charge is 0.497 e. The van der Waals surface area contributed by atoms with Crippen molar-refractivity contribution in [3.8, 4) is 34.6 Å². The van der Waals surface area contributed by atoms with Crippen LogP contribution < -0.4 is 14.2 Å². The first-order chi connectivity index (χ1) is 13.8. The highest BCUT2D eigenvalue weighted by atomic mass is 16.5. The molecule has 7 heteroatoms. The lowest BCUT2D eigenvalue weighted by molar-refractivity contribution is 0.264. The molecular formula is C21H17N3O4. The Bertz CT molecular complexity index is 1020. The lowest BCUT2D eigenvalue weighted by atomic mass is 10.2. The third-order valence-corrected chi connectivity index (χ3v) is 3.85. The summed E-state index contributed by atoms with van der Waals surface area (Å²) in [7, 11) is 1.62. The van der Waals surface area contributed by atoms with Gasteiger partial charge < -0.3 is 18.6 Å². The molecule has 0 radical (unpaired) electrons. The molecule has 2 aromatic heterocycles. The minimum absolute atomic E-state index is 0.170. The number of benzene rings is 2. The van der Waals surface area contributed by atoms with Gasteiger partial charge in [0.2, 0.25) is 11.8 Å². The van der Waals surface area contributed by atoms with E-state index in [1.54, 1.807) is 43.6 Å². The molecule has 140 valence electrons. The first-order valence-electron chi connectivity index (χ1n) is 8.59. The number of pyridine rings is 1. The second kappa shape index (κ2) is 8.22. The predicted octanol–water partition coefficient (Wildman–Crippen LogP) is 4.51. The summed E-state index contributed by atoms with van der Waals surface area (Å²) < 4.78 is 22.1. The third kappa shape index (κ3) is 4.27. The first kappa shape index (κ1) is 17.5. The monoisotopic (exact) mass is 375 g/mol. The Morgan fingerprint density at radius 3 is 2.29 bits per heavy atom. The predicted molar refractivity (Wildman–Crippen MR) is 101 cm³/mol. The fraction of sp³-hybridized carbons (Fsp3) is 0.0952. The number of ether oxygens (including phenoxy) is 3. The van der Waals surface area contributed by atoms with E-state index < -0.39 is 0 Å². The Morgan fingerprint density at radius 2 is 1.57 bits per heavy atom. The fourth-order valence-corrected chi connectivity index (χ4v) is 2.44. The van der Waals surface area contributed by atoms with Crippen LogP contribution in [0, 0.1) is 0 Å². The van der Waals surface area contributed by atoms with Gasteiger partial charge in [0.15, 0.2) is 6.61 Å². The Labute approximate surface area is 161 Å². The smallest absolute Gasteiger partial charge is 0.254 e. The van der Waals surface area contributed by atoms with Crippen LogP contribution in [0.5, 0.6) is 23.1 Å². The van der Waals surface area contributed by atoms with E-state index in [0.717, 1.165) is 11.3 Å². The van der Waals surface area contributed by atoms with Crippen molar-refractivity contribution < 1.29 is 18.6 Å². The van der Waals surface area contributed by atoms with Gasteiger partial charge in [-0.15, -0.1) is 10.2 Å². The summed E-state index contributed by atoms with van der Waals surface area (Å²) in [6.07, 6.45) is 1.68. The van der Waals surface area contributed by atoms with E-state index in [1.165, 1.54) is 0 Å². The van der Waals surface area contributed by atoms with E-state index in [2.05, 4.69) is 15.2 Å². The summed E-state index contributed by atoms with van der Waals surface area (Å²) in [5.74, 6) is 3.46. The van der Waals surface area contributed by atoms with Crippen molar-refractivity contribution in [2.24, 2.45) is 0 Å². The van der Waals surface area contributed by atoms with Crippen molar-refractivity contribution in [3.05, 3.63) is 78.8 Å². The fourth-order valence-electron chi connectivity index (χ4n) is 2.44. The highest BCUT2D eigenvalue weighted by Gasteiger charge is 2.09. The van der Waals surface area contributed by atoms with Crippen LogP contribution in [0.15, 0.2) is 77.3 Å². The van der Waals surface area contributed by atoms with E-state index in [9.17, 15) is 0 Å². The van der Waals surface area contributed by atoms with Crippen LogP contribution in [0.1, 0.15) is 5.89 Å². The van der Waals surface area contributed by atoms with Gasteiger partial charge in [-0.1, -0.05) is 6.07 Å². The number of hydrogen-bond acceptors (Lipinski definition) is 7. The highest BCUT2D eigenvalue weighted by molar-refractivity contribution is 5.53. The molecule has 4 aromatic rings. The molecule has 2 aromatic carbocycles. The zero-order valence-corrected chi connectivity index (χ0v) is 15.1. The van der Waals surface area contributed by atoms with Crippen LogP contribution in [0.25, 0.3) is 11.5 Å². The van der Waals surface area contributed by atoms with Gasteiger partial charge in [-0.05, 0) is 54.6 Å². The molecule has 4 rings (SSSR count). The maximum Gasteiger partial charge on any atom is 0.254 e. The molecule has 0 atom stereocenters. The molecule has 0 saturated carbocycles. The number of aromatic nitrogens is 3. The van der Waals surface area contributed by atoms with Gasteiger partial charge in [-0.2, -0.15) is 0 Å². The van der Waals surface area contributed by atoms with Gasteiger partial charge in [0.1, 0.15) is 17.2 Å². The molecular weight excluding hydrogens is 358 g/mol. The van der Waals surface area contributed by atoms with E-state index in [4.69, 9.17) is 18.6 Å². The Kier molecular flexibility index (Phi) is 5.15. The minimum atomic E-state index is 0.170. The second-order valence-corrected chi connectivity index (χ2v) is 5.76. The summed E-state index contributed by atoms with van der Waals surface area (Å²) in [6.45, 7) is 0.170. The molecule has 28 heavy (non-hydrogen) atoms. The average molecular weight is 375 g/mol. The Hall–Kier alpha value is -3.87. The Morgan fingerprint density at radius 1 is 0.821 bits per heavy atom. The number of hydrogen-bond donors (Lipinski definition) is 0. The highest BCUT2D eigenvalue weighted by Crippen LogP contribution is 2.24. The molecule has 0 amide bonds. The summed E-state index contributed by atoms with van der Waals surface area (Å²) in [4.78, 5) is 4.12.